The molecule has 2 rings (SSSR count). The Balaban J connectivity index is 1.67. The van der Waals surface area contributed by atoms with E-state index >= 15 is 0 Å². The van der Waals surface area contributed by atoms with Gasteiger partial charge >= 0.3 is 0 Å². The van der Waals surface area contributed by atoms with Crippen molar-refractivity contribution < 1.29 is 9.59 Å². The second kappa shape index (κ2) is 7.08. The Kier molecular flexibility index (Phi) is 5.16. The van der Waals surface area contributed by atoms with Crippen molar-refractivity contribution in [2.45, 2.75) is 38.5 Å². The van der Waals surface area contributed by atoms with Crippen LogP contribution in [0.15, 0.2) is 24.3 Å². The summed E-state index contributed by atoms with van der Waals surface area (Å²) in [6.45, 7) is 1.72. The highest BCUT2D eigenvalue weighted by Gasteiger charge is 2.18. The summed E-state index contributed by atoms with van der Waals surface area (Å²) in [5.74, 6) is 0.290. The fraction of sp³-hybridized carbons (Fsp3) is 0.500. The van der Waals surface area contributed by atoms with E-state index in [-0.39, 0.29) is 11.7 Å². The van der Waals surface area contributed by atoms with E-state index in [1.54, 1.807) is 0 Å². The van der Waals surface area contributed by atoms with Crippen LogP contribution in [0.4, 0.5) is 5.69 Å². The molecule has 4 nitrogen and oxygen atoms in total. The Morgan fingerprint density at radius 1 is 1.00 bits per heavy atom. The number of Topliss-reactive ketones (excluding diaryl/α,β-unsaturated/α-hetero) is 1. The highest BCUT2D eigenvalue weighted by Crippen LogP contribution is 2.12. The first-order chi connectivity index (χ1) is 9.65. The highest BCUT2D eigenvalue weighted by atomic mass is 16.2. The van der Waals surface area contributed by atoms with E-state index in [0.717, 1.165) is 43.6 Å². The van der Waals surface area contributed by atoms with E-state index in [1.165, 1.54) is 0 Å². The Hall–Kier alpha value is -1.84. The summed E-state index contributed by atoms with van der Waals surface area (Å²) >= 11 is 0. The van der Waals surface area contributed by atoms with Crippen molar-refractivity contribution in [1.82, 2.24) is 4.90 Å². The summed E-state index contributed by atoms with van der Waals surface area (Å²) in [6.07, 6.45) is 4.13. The first-order valence-corrected chi connectivity index (χ1v) is 7.29. The van der Waals surface area contributed by atoms with Gasteiger partial charge in [0.15, 0.2) is 0 Å². The largest absolute Gasteiger partial charge is 0.399 e. The van der Waals surface area contributed by atoms with Gasteiger partial charge in [0.25, 0.3) is 0 Å². The maximum absolute atomic E-state index is 11.8. The van der Waals surface area contributed by atoms with Gasteiger partial charge in [-0.25, -0.2) is 0 Å². The van der Waals surface area contributed by atoms with E-state index in [9.17, 15) is 9.59 Å². The normalized spacial score (nSPS) is 14.5. The molecule has 0 unspecified atom stereocenters. The van der Waals surface area contributed by atoms with Crippen LogP contribution in [0.5, 0.6) is 0 Å². The van der Waals surface area contributed by atoms with Gasteiger partial charge < -0.3 is 10.6 Å². The smallest absolute Gasteiger partial charge is 0.223 e. The van der Waals surface area contributed by atoms with Crippen molar-refractivity contribution in [2.24, 2.45) is 0 Å². The quantitative estimate of drug-likeness (QED) is 0.809. The number of rotatable bonds is 6. The maximum Gasteiger partial charge on any atom is 0.223 e. The minimum Gasteiger partial charge on any atom is -0.399 e. The average Bonchev–Trinajstić information content (AvgIpc) is 2.98. The molecule has 0 radical (unpaired) electrons. The molecule has 4 heteroatoms. The van der Waals surface area contributed by atoms with Crippen LogP contribution in [0, 0.1) is 0 Å². The lowest BCUT2D eigenvalue weighted by atomic mass is 10.0. The summed E-state index contributed by atoms with van der Waals surface area (Å²) in [6, 6.07) is 7.57. The number of ketones is 1. The van der Waals surface area contributed by atoms with Crippen LogP contribution in [-0.4, -0.2) is 29.7 Å². The van der Waals surface area contributed by atoms with Crippen molar-refractivity contribution in [2.75, 3.05) is 18.8 Å². The number of carbonyl (C=O) groups excluding carboxylic acids is 2. The molecule has 0 saturated carbocycles. The Morgan fingerprint density at radius 3 is 2.30 bits per heavy atom. The number of hydrogen-bond acceptors (Lipinski definition) is 3. The molecule has 1 amide bonds. The van der Waals surface area contributed by atoms with Crippen LogP contribution in [0.25, 0.3) is 0 Å². The lowest BCUT2D eigenvalue weighted by molar-refractivity contribution is -0.132. The molecule has 0 aromatic heterocycles. The molecule has 0 bridgehead atoms. The molecule has 1 heterocycles. The second-order valence-electron chi connectivity index (χ2n) is 5.37. The molecule has 1 aromatic carbocycles. The molecule has 1 aliphatic heterocycles. The summed E-state index contributed by atoms with van der Waals surface area (Å²) < 4.78 is 0. The number of likely N-dealkylation sites (tertiary alicyclic amines) is 1. The third kappa shape index (κ3) is 4.37. The number of hydrogen-bond donors (Lipinski definition) is 1. The zero-order valence-electron chi connectivity index (χ0n) is 11.8. The van der Waals surface area contributed by atoms with Crippen LogP contribution in [0.3, 0.4) is 0 Å². The maximum atomic E-state index is 11.8. The average molecular weight is 274 g/mol. The Morgan fingerprint density at radius 2 is 1.65 bits per heavy atom. The summed E-state index contributed by atoms with van der Waals surface area (Å²) in [7, 11) is 0. The number of aryl methyl sites for hydroxylation is 1. The third-order valence-electron chi connectivity index (χ3n) is 3.75. The lowest BCUT2D eigenvalue weighted by Crippen LogP contribution is -2.27. The van der Waals surface area contributed by atoms with Crippen molar-refractivity contribution >= 4 is 17.4 Å². The summed E-state index contributed by atoms with van der Waals surface area (Å²) in [5.41, 5.74) is 7.46. The Labute approximate surface area is 119 Å². The van der Waals surface area contributed by atoms with Crippen LogP contribution >= 0.6 is 0 Å². The van der Waals surface area contributed by atoms with Gasteiger partial charge in [0.1, 0.15) is 5.78 Å². The number of benzene rings is 1. The first kappa shape index (κ1) is 14.6. The third-order valence-corrected chi connectivity index (χ3v) is 3.75. The molecular formula is C16H22N2O2. The van der Waals surface area contributed by atoms with Gasteiger partial charge in [-0.3, -0.25) is 9.59 Å². The molecule has 0 aliphatic carbocycles. The van der Waals surface area contributed by atoms with Crippen molar-refractivity contribution in [3.63, 3.8) is 0 Å². The van der Waals surface area contributed by atoms with Gasteiger partial charge in [-0.05, 0) is 37.0 Å². The molecular weight excluding hydrogens is 252 g/mol. The zero-order valence-corrected chi connectivity index (χ0v) is 11.8. The van der Waals surface area contributed by atoms with Gasteiger partial charge in [-0.2, -0.15) is 0 Å². The molecule has 1 fully saturated rings. The number of nitrogens with zero attached hydrogens (tertiary/aromatic N) is 1. The number of carbonyl (C=O) groups is 2. The second-order valence-corrected chi connectivity index (χ2v) is 5.37. The molecule has 108 valence electrons. The molecule has 1 saturated heterocycles. The van der Waals surface area contributed by atoms with E-state index < -0.39 is 0 Å². The van der Waals surface area contributed by atoms with Gasteiger partial charge in [0.2, 0.25) is 5.91 Å². The first-order valence-electron chi connectivity index (χ1n) is 7.29. The number of anilines is 1. The monoisotopic (exact) mass is 274 g/mol. The van der Waals surface area contributed by atoms with Gasteiger partial charge in [0, 0.05) is 38.0 Å². The van der Waals surface area contributed by atoms with Crippen molar-refractivity contribution in [3.8, 4) is 0 Å². The van der Waals surface area contributed by atoms with E-state index in [2.05, 4.69) is 0 Å². The van der Waals surface area contributed by atoms with E-state index in [0.29, 0.717) is 19.3 Å². The molecule has 1 aliphatic rings. The van der Waals surface area contributed by atoms with Crippen LogP contribution in [-0.2, 0) is 16.0 Å². The highest BCUT2D eigenvalue weighted by molar-refractivity contribution is 5.85. The molecule has 0 atom stereocenters. The molecule has 2 N–H and O–H groups in total. The van der Waals surface area contributed by atoms with Gasteiger partial charge in [-0.1, -0.05) is 12.1 Å². The van der Waals surface area contributed by atoms with E-state index in [4.69, 9.17) is 5.73 Å². The molecule has 1 aromatic rings. The number of nitrogen functional groups attached to an aromatic ring is 1. The fourth-order valence-electron chi connectivity index (χ4n) is 2.46. The summed E-state index contributed by atoms with van der Waals surface area (Å²) in [4.78, 5) is 25.5. The lowest BCUT2D eigenvalue weighted by Gasteiger charge is -2.14. The Bertz CT molecular complexity index is 462. The van der Waals surface area contributed by atoms with Crippen LogP contribution < -0.4 is 5.73 Å². The molecule has 20 heavy (non-hydrogen) atoms. The summed E-state index contributed by atoms with van der Waals surface area (Å²) in [5, 5.41) is 0. The number of amides is 1. The topological polar surface area (TPSA) is 63.4 Å². The standard InChI is InChI=1S/C16H22N2O2/c17-14-6-3-13(4-7-14)5-8-15(19)9-10-16(20)18-11-1-2-12-18/h3-4,6-7H,1-2,5,8-12,17H2. The predicted molar refractivity (Wildman–Crippen MR) is 79.2 cm³/mol. The predicted octanol–water partition coefficient (Wildman–Crippen LogP) is 2.17. The van der Waals surface area contributed by atoms with Gasteiger partial charge in [0.05, 0.1) is 0 Å². The van der Waals surface area contributed by atoms with Crippen molar-refractivity contribution in [3.05, 3.63) is 29.8 Å². The SMILES string of the molecule is Nc1ccc(CCC(=O)CCC(=O)N2CCCC2)cc1. The minimum atomic E-state index is 0.128. The zero-order chi connectivity index (χ0) is 14.4. The van der Waals surface area contributed by atoms with Gasteiger partial charge in [-0.15, -0.1) is 0 Å². The minimum absolute atomic E-state index is 0.128. The van der Waals surface area contributed by atoms with Crippen molar-refractivity contribution in [1.29, 1.82) is 0 Å². The number of nitrogens with two attached hydrogens (primary N) is 1. The fourth-order valence-corrected chi connectivity index (χ4v) is 2.46. The van der Waals surface area contributed by atoms with E-state index in [1.807, 2.05) is 29.2 Å². The molecule has 0 spiro atoms. The van der Waals surface area contributed by atoms with Crippen LogP contribution in [0.1, 0.15) is 37.7 Å². The van der Waals surface area contributed by atoms with Crippen LogP contribution in [0.2, 0.25) is 0 Å².